The molecule has 17 heavy (non-hydrogen) atoms. The number of rotatable bonds is 3. The van der Waals surface area contributed by atoms with E-state index in [1.54, 1.807) is 12.1 Å². The van der Waals surface area contributed by atoms with E-state index in [0.29, 0.717) is 5.92 Å². The lowest BCUT2D eigenvalue weighted by molar-refractivity contribution is 0.347. The maximum Gasteiger partial charge on any atom is 0.123 e. The van der Waals surface area contributed by atoms with Crippen molar-refractivity contribution in [3.63, 3.8) is 0 Å². The van der Waals surface area contributed by atoms with Gasteiger partial charge in [-0.25, -0.2) is 4.39 Å². The van der Waals surface area contributed by atoms with Crippen molar-refractivity contribution in [1.29, 1.82) is 0 Å². The number of aliphatic hydroxyl groups excluding tert-OH is 1. The molecule has 1 nitrogen and oxygen atoms in total. The molecule has 0 aliphatic heterocycles. The summed E-state index contributed by atoms with van der Waals surface area (Å²) < 4.78 is 12.8. The van der Waals surface area contributed by atoms with Crippen LogP contribution in [0.1, 0.15) is 37.7 Å². The van der Waals surface area contributed by atoms with Crippen LogP contribution in [0.3, 0.4) is 0 Å². The zero-order chi connectivity index (χ0) is 12.1. The predicted octanol–water partition coefficient (Wildman–Crippen LogP) is 3.78. The Morgan fingerprint density at radius 1 is 1.18 bits per heavy atom. The third-order valence-electron chi connectivity index (χ3n) is 3.47. The van der Waals surface area contributed by atoms with Crippen molar-refractivity contribution >= 4 is 5.57 Å². The number of benzene rings is 1. The van der Waals surface area contributed by atoms with E-state index in [2.05, 4.69) is 6.08 Å². The Morgan fingerprint density at radius 2 is 1.82 bits per heavy atom. The van der Waals surface area contributed by atoms with Crippen molar-refractivity contribution in [3.8, 4) is 0 Å². The summed E-state index contributed by atoms with van der Waals surface area (Å²) in [5.41, 5.74) is 1.86. The fraction of sp³-hybridized carbons (Fsp3) is 0.467. The highest BCUT2D eigenvalue weighted by Gasteiger charge is 2.12. The van der Waals surface area contributed by atoms with Gasteiger partial charge in [-0.05, 0) is 42.0 Å². The topological polar surface area (TPSA) is 20.2 Å². The molecule has 1 aliphatic rings. The summed E-state index contributed by atoms with van der Waals surface area (Å²) in [6, 6.07) is 6.36. The molecule has 0 aromatic heterocycles. The third kappa shape index (κ3) is 3.40. The smallest absolute Gasteiger partial charge is 0.123 e. The standard InChI is InChI=1S/C15H19FO/c16-15-8-6-13(7-9-15)14(11-17)10-12-4-2-1-3-5-12/h6-10,12,17H,1-5,11H2. The Balaban J connectivity index is 2.14. The molecule has 0 bridgehead atoms. The SMILES string of the molecule is OCC(=CC1CCCCC1)c1ccc(F)cc1. The van der Waals surface area contributed by atoms with Gasteiger partial charge in [-0.15, -0.1) is 0 Å². The average molecular weight is 234 g/mol. The number of halogens is 1. The summed E-state index contributed by atoms with van der Waals surface area (Å²) in [7, 11) is 0. The molecule has 1 aromatic carbocycles. The molecule has 0 atom stereocenters. The first kappa shape index (κ1) is 12.3. The first-order valence-electron chi connectivity index (χ1n) is 6.37. The van der Waals surface area contributed by atoms with Crippen LogP contribution in [0.2, 0.25) is 0 Å². The molecule has 0 unspecified atom stereocenters. The van der Waals surface area contributed by atoms with Gasteiger partial charge in [-0.3, -0.25) is 0 Å². The van der Waals surface area contributed by atoms with Crippen LogP contribution >= 0.6 is 0 Å². The van der Waals surface area contributed by atoms with Gasteiger partial charge in [0.05, 0.1) is 6.61 Å². The number of allylic oxidation sites excluding steroid dienone is 1. The molecule has 0 radical (unpaired) electrons. The Morgan fingerprint density at radius 3 is 2.41 bits per heavy atom. The molecule has 1 N–H and O–H groups in total. The van der Waals surface area contributed by atoms with Crippen LogP contribution in [0.4, 0.5) is 4.39 Å². The van der Waals surface area contributed by atoms with Gasteiger partial charge in [-0.1, -0.05) is 37.5 Å². The fourth-order valence-corrected chi connectivity index (χ4v) is 2.49. The van der Waals surface area contributed by atoms with Crippen molar-refractivity contribution < 1.29 is 9.50 Å². The maximum atomic E-state index is 12.8. The van der Waals surface area contributed by atoms with E-state index >= 15 is 0 Å². The molecule has 0 saturated heterocycles. The molecular weight excluding hydrogens is 215 g/mol. The van der Waals surface area contributed by atoms with E-state index in [4.69, 9.17) is 0 Å². The van der Waals surface area contributed by atoms with Crippen LogP contribution < -0.4 is 0 Å². The number of hydrogen-bond acceptors (Lipinski definition) is 1. The lowest BCUT2D eigenvalue weighted by atomic mass is 9.87. The minimum absolute atomic E-state index is 0.0299. The van der Waals surface area contributed by atoms with Crippen molar-refractivity contribution in [2.24, 2.45) is 5.92 Å². The molecule has 2 rings (SSSR count). The molecule has 0 spiro atoms. The Kier molecular flexibility index (Phi) is 4.32. The van der Waals surface area contributed by atoms with Crippen molar-refractivity contribution in [2.75, 3.05) is 6.61 Å². The van der Waals surface area contributed by atoms with E-state index in [1.165, 1.54) is 44.2 Å². The highest BCUT2D eigenvalue weighted by Crippen LogP contribution is 2.27. The minimum Gasteiger partial charge on any atom is -0.392 e. The molecule has 92 valence electrons. The molecule has 2 heteroatoms. The van der Waals surface area contributed by atoms with Gasteiger partial charge in [-0.2, -0.15) is 0 Å². The van der Waals surface area contributed by atoms with Crippen molar-refractivity contribution in [3.05, 3.63) is 41.7 Å². The zero-order valence-electron chi connectivity index (χ0n) is 10.0. The van der Waals surface area contributed by atoms with Crippen LogP contribution in [-0.4, -0.2) is 11.7 Å². The van der Waals surface area contributed by atoms with Gasteiger partial charge in [0.25, 0.3) is 0 Å². The van der Waals surface area contributed by atoms with E-state index < -0.39 is 0 Å². The van der Waals surface area contributed by atoms with E-state index in [0.717, 1.165) is 11.1 Å². The second-order valence-electron chi connectivity index (χ2n) is 4.76. The van der Waals surface area contributed by atoms with Gasteiger partial charge < -0.3 is 5.11 Å². The maximum absolute atomic E-state index is 12.8. The first-order chi connectivity index (χ1) is 8.29. The monoisotopic (exact) mass is 234 g/mol. The summed E-state index contributed by atoms with van der Waals surface area (Å²) in [6.45, 7) is 0.0299. The zero-order valence-corrected chi connectivity index (χ0v) is 10.0. The van der Waals surface area contributed by atoms with Gasteiger partial charge >= 0.3 is 0 Å². The van der Waals surface area contributed by atoms with E-state index in [9.17, 15) is 9.50 Å². The second kappa shape index (κ2) is 5.97. The highest BCUT2D eigenvalue weighted by atomic mass is 19.1. The first-order valence-corrected chi connectivity index (χ1v) is 6.37. The van der Waals surface area contributed by atoms with Crippen LogP contribution in [0.15, 0.2) is 30.3 Å². The summed E-state index contributed by atoms with van der Waals surface area (Å²) in [6.07, 6.45) is 8.49. The Hall–Kier alpha value is -1.15. The van der Waals surface area contributed by atoms with Crippen LogP contribution in [0.5, 0.6) is 0 Å². The molecule has 0 heterocycles. The van der Waals surface area contributed by atoms with Gasteiger partial charge in [0.15, 0.2) is 0 Å². The van der Waals surface area contributed by atoms with Crippen LogP contribution in [0, 0.1) is 11.7 Å². The van der Waals surface area contributed by atoms with Crippen LogP contribution in [0.25, 0.3) is 5.57 Å². The third-order valence-corrected chi connectivity index (χ3v) is 3.47. The minimum atomic E-state index is -0.233. The summed E-state index contributed by atoms with van der Waals surface area (Å²) in [5.74, 6) is 0.347. The summed E-state index contributed by atoms with van der Waals surface area (Å²) >= 11 is 0. The molecule has 1 saturated carbocycles. The number of aliphatic hydroxyl groups is 1. The molecular formula is C15H19FO. The van der Waals surface area contributed by atoms with Gasteiger partial charge in [0.2, 0.25) is 0 Å². The highest BCUT2D eigenvalue weighted by molar-refractivity contribution is 5.66. The lowest BCUT2D eigenvalue weighted by Crippen LogP contribution is -2.05. The molecule has 1 fully saturated rings. The van der Waals surface area contributed by atoms with Gasteiger partial charge in [0.1, 0.15) is 5.82 Å². The normalized spacial score (nSPS) is 18.4. The Bertz CT molecular complexity index is 374. The van der Waals surface area contributed by atoms with Crippen LogP contribution in [-0.2, 0) is 0 Å². The summed E-state index contributed by atoms with van der Waals surface area (Å²) in [4.78, 5) is 0. The largest absolute Gasteiger partial charge is 0.392 e. The quantitative estimate of drug-likeness (QED) is 0.843. The average Bonchev–Trinajstić information content (AvgIpc) is 2.38. The van der Waals surface area contributed by atoms with Crippen molar-refractivity contribution in [2.45, 2.75) is 32.1 Å². The van der Waals surface area contributed by atoms with E-state index in [-0.39, 0.29) is 12.4 Å². The molecule has 1 aliphatic carbocycles. The van der Waals surface area contributed by atoms with Gasteiger partial charge in [0, 0.05) is 0 Å². The molecule has 1 aromatic rings. The predicted molar refractivity (Wildman–Crippen MR) is 68.0 cm³/mol. The summed E-state index contributed by atoms with van der Waals surface area (Å²) in [5, 5.41) is 9.42. The molecule has 0 amide bonds. The van der Waals surface area contributed by atoms with E-state index in [1.807, 2.05) is 0 Å². The Labute approximate surface area is 102 Å². The number of hydrogen-bond donors (Lipinski definition) is 1. The second-order valence-corrected chi connectivity index (χ2v) is 4.76. The fourth-order valence-electron chi connectivity index (χ4n) is 2.49. The lowest BCUT2D eigenvalue weighted by Gasteiger charge is -2.19. The van der Waals surface area contributed by atoms with Crippen molar-refractivity contribution in [1.82, 2.24) is 0 Å².